The van der Waals surface area contributed by atoms with Crippen molar-refractivity contribution in [1.82, 2.24) is 5.32 Å². The van der Waals surface area contributed by atoms with Gasteiger partial charge >= 0.3 is 0 Å². The van der Waals surface area contributed by atoms with Crippen LogP contribution >= 0.6 is 23.2 Å². The van der Waals surface area contributed by atoms with Gasteiger partial charge in [-0.25, -0.2) is 4.99 Å². The molecule has 0 fully saturated rings. The number of amides is 2. The van der Waals surface area contributed by atoms with E-state index < -0.39 is 22.9 Å². The Hall–Kier alpha value is -3.75. The molecule has 1 aliphatic rings. The molecule has 0 spiro atoms. The Labute approximate surface area is 211 Å². The van der Waals surface area contributed by atoms with Crippen LogP contribution in [0.1, 0.15) is 23.1 Å². The number of benzodiazepines with no additional fused rings is 1. The first-order valence-corrected chi connectivity index (χ1v) is 11.4. The fourth-order valence-electron chi connectivity index (χ4n) is 3.79. The Morgan fingerprint density at radius 1 is 1.11 bits per heavy atom. The highest BCUT2D eigenvalue weighted by molar-refractivity contribution is 6.35. The molecule has 0 saturated heterocycles. The summed E-state index contributed by atoms with van der Waals surface area (Å²) >= 11 is 12.1. The number of carbonyl (C=O) groups is 2. The highest BCUT2D eigenvalue weighted by Crippen LogP contribution is 2.30. The Bertz CT molecular complexity index is 1340. The van der Waals surface area contributed by atoms with E-state index in [0.29, 0.717) is 39.0 Å². The van der Waals surface area contributed by atoms with E-state index in [1.54, 1.807) is 49.5 Å². The van der Waals surface area contributed by atoms with Crippen LogP contribution in [0, 0.1) is 10.1 Å². The first kappa shape index (κ1) is 24.4. The van der Waals surface area contributed by atoms with Gasteiger partial charge in [0.2, 0.25) is 12.1 Å². The van der Waals surface area contributed by atoms with Gasteiger partial charge in [-0.3, -0.25) is 19.7 Å². The molecule has 1 N–H and O–H groups in total. The molecule has 4 rings (SSSR count). The lowest BCUT2D eigenvalue weighted by Crippen LogP contribution is -2.46. The molecule has 0 unspecified atom stereocenters. The number of nitrogens with zero attached hydrogens (tertiary/aromatic N) is 3. The van der Waals surface area contributed by atoms with Gasteiger partial charge in [0.05, 0.1) is 16.3 Å². The number of benzene rings is 3. The lowest BCUT2D eigenvalue weighted by molar-refractivity contribution is -0.384. The summed E-state index contributed by atoms with van der Waals surface area (Å²) in [5.74, 6) is -0.861. The van der Waals surface area contributed by atoms with Crippen molar-refractivity contribution in [3.8, 4) is 0 Å². The quantitative estimate of drug-likeness (QED) is 0.380. The summed E-state index contributed by atoms with van der Waals surface area (Å²) in [6.07, 6.45) is -0.793. The average Bonchev–Trinajstić information content (AvgIpc) is 2.94. The molecule has 2 amide bonds. The largest absolute Gasteiger partial charge is 0.327 e. The van der Waals surface area contributed by atoms with Gasteiger partial charge in [0.15, 0.2) is 0 Å². The third-order valence-electron chi connectivity index (χ3n) is 5.61. The Morgan fingerprint density at radius 2 is 1.86 bits per heavy atom. The van der Waals surface area contributed by atoms with Gasteiger partial charge in [-0.05, 0) is 30.2 Å². The van der Waals surface area contributed by atoms with Crippen LogP contribution in [0.5, 0.6) is 0 Å². The first-order chi connectivity index (χ1) is 16.7. The first-order valence-electron chi connectivity index (χ1n) is 10.7. The SMILES string of the molecule is CN1C(=O)[C@H](NC(=O)CCc2ccc(Cl)cc2Cl)N=C(c2ccccc2)c2cc([N+](=O)[O-])ccc21. The number of rotatable bonds is 6. The zero-order chi connectivity index (χ0) is 25.1. The van der Waals surface area contributed by atoms with Gasteiger partial charge in [0.1, 0.15) is 0 Å². The number of aliphatic imine (C=N–C) groups is 1. The maximum absolute atomic E-state index is 13.2. The van der Waals surface area contributed by atoms with Crippen LogP contribution in [0.15, 0.2) is 71.7 Å². The van der Waals surface area contributed by atoms with Crippen molar-refractivity contribution in [2.45, 2.75) is 19.0 Å². The number of nitro benzene ring substituents is 1. The molecule has 178 valence electrons. The Balaban J connectivity index is 1.66. The normalized spacial score (nSPS) is 15.2. The molecule has 1 aliphatic heterocycles. The second kappa shape index (κ2) is 10.2. The van der Waals surface area contributed by atoms with Crippen molar-refractivity contribution in [1.29, 1.82) is 0 Å². The number of halogens is 2. The van der Waals surface area contributed by atoms with Gasteiger partial charge in [-0.15, -0.1) is 0 Å². The minimum absolute atomic E-state index is 0.0729. The summed E-state index contributed by atoms with van der Waals surface area (Å²) in [7, 11) is 1.54. The van der Waals surface area contributed by atoms with Crippen molar-refractivity contribution < 1.29 is 14.5 Å². The van der Waals surface area contributed by atoms with E-state index >= 15 is 0 Å². The minimum Gasteiger partial charge on any atom is -0.327 e. The van der Waals surface area contributed by atoms with Crippen molar-refractivity contribution in [3.63, 3.8) is 0 Å². The molecule has 1 heterocycles. The standard InChI is InChI=1S/C25H20Cl2N4O4/c1-30-21-11-10-18(31(34)35)14-19(21)23(16-5-3-2-4-6-16)29-24(25(30)33)28-22(32)12-8-15-7-9-17(26)13-20(15)27/h2-7,9-11,13-14,24H,8,12H2,1H3,(H,28,32)/t24-/m1/s1. The molecule has 0 bridgehead atoms. The van der Waals surface area contributed by atoms with Crippen molar-refractivity contribution in [2.24, 2.45) is 4.99 Å². The van der Waals surface area contributed by atoms with Crippen molar-refractivity contribution in [3.05, 3.63) is 104 Å². The second-order valence-corrected chi connectivity index (χ2v) is 8.75. The summed E-state index contributed by atoms with van der Waals surface area (Å²) in [6, 6.07) is 18.3. The highest BCUT2D eigenvalue weighted by atomic mass is 35.5. The predicted octanol–water partition coefficient (Wildman–Crippen LogP) is 4.79. The number of anilines is 1. The summed E-state index contributed by atoms with van der Waals surface area (Å²) in [5, 5.41) is 15.1. The number of hydrogen-bond donors (Lipinski definition) is 1. The van der Waals surface area contributed by atoms with E-state index in [1.807, 2.05) is 6.07 Å². The van der Waals surface area contributed by atoms with Crippen molar-refractivity contribution in [2.75, 3.05) is 11.9 Å². The van der Waals surface area contributed by atoms with E-state index in [0.717, 1.165) is 5.56 Å². The molecule has 10 heteroatoms. The number of nitro groups is 1. The summed E-state index contributed by atoms with van der Waals surface area (Å²) in [6.45, 7) is 0. The topological polar surface area (TPSA) is 105 Å². The summed E-state index contributed by atoms with van der Waals surface area (Å²) in [4.78, 5) is 42.8. The molecule has 35 heavy (non-hydrogen) atoms. The van der Waals surface area contributed by atoms with Crippen LogP contribution in [0.3, 0.4) is 0 Å². The second-order valence-electron chi connectivity index (χ2n) is 7.91. The monoisotopic (exact) mass is 510 g/mol. The molecule has 0 aromatic heterocycles. The number of nitrogens with one attached hydrogen (secondary N) is 1. The van der Waals surface area contributed by atoms with Crippen molar-refractivity contribution >= 4 is 52.1 Å². The molecular formula is C25H20Cl2N4O4. The highest BCUT2D eigenvalue weighted by Gasteiger charge is 2.32. The zero-order valence-corrected chi connectivity index (χ0v) is 20.1. The summed E-state index contributed by atoms with van der Waals surface area (Å²) < 4.78 is 0. The number of carbonyl (C=O) groups excluding carboxylic acids is 2. The molecule has 3 aromatic carbocycles. The molecular weight excluding hydrogens is 491 g/mol. The maximum Gasteiger partial charge on any atom is 0.272 e. The number of non-ortho nitro benzene ring substituents is 1. The van der Waals surface area contributed by atoms with E-state index in [1.165, 1.54) is 23.1 Å². The molecule has 1 atom stereocenters. The predicted molar refractivity (Wildman–Crippen MR) is 135 cm³/mol. The van der Waals surface area contributed by atoms with Gasteiger partial charge < -0.3 is 10.2 Å². The molecule has 0 radical (unpaired) electrons. The Morgan fingerprint density at radius 3 is 2.54 bits per heavy atom. The van der Waals surface area contributed by atoms with Crippen LogP contribution < -0.4 is 10.2 Å². The van der Waals surface area contributed by atoms with Crippen LogP contribution in [-0.2, 0) is 16.0 Å². The fourth-order valence-corrected chi connectivity index (χ4v) is 4.30. The molecule has 0 saturated carbocycles. The average molecular weight is 511 g/mol. The van der Waals surface area contributed by atoms with Crippen LogP contribution in [0.4, 0.5) is 11.4 Å². The zero-order valence-electron chi connectivity index (χ0n) is 18.6. The van der Waals surface area contributed by atoms with Gasteiger partial charge in [0, 0.05) is 46.8 Å². The van der Waals surface area contributed by atoms with E-state index in [2.05, 4.69) is 10.3 Å². The Kier molecular flexibility index (Phi) is 7.14. The number of aryl methyl sites for hydroxylation is 1. The van der Waals surface area contributed by atoms with Crippen LogP contribution in [0.2, 0.25) is 10.0 Å². The number of fused-ring (bicyclic) bond motifs is 1. The number of hydrogen-bond acceptors (Lipinski definition) is 5. The number of likely N-dealkylation sites (N-methyl/N-ethyl adjacent to an activating group) is 1. The lowest BCUT2D eigenvalue weighted by atomic mass is 9.99. The third-order valence-corrected chi connectivity index (χ3v) is 6.20. The van der Waals surface area contributed by atoms with Gasteiger partial charge in [0.25, 0.3) is 11.6 Å². The molecule has 3 aromatic rings. The maximum atomic E-state index is 13.2. The third kappa shape index (κ3) is 5.34. The fraction of sp³-hybridized carbons (Fsp3) is 0.160. The summed E-state index contributed by atoms with van der Waals surface area (Å²) in [5.41, 5.74) is 2.52. The van der Waals surface area contributed by atoms with E-state index in [-0.39, 0.29) is 12.1 Å². The molecule has 8 nitrogen and oxygen atoms in total. The molecule has 0 aliphatic carbocycles. The van der Waals surface area contributed by atoms with Gasteiger partial charge in [-0.1, -0.05) is 59.6 Å². The van der Waals surface area contributed by atoms with E-state index in [9.17, 15) is 19.7 Å². The lowest BCUT2D eigenvalue weighted by Gasteiger charge is -2.21. The van der Waals surface area contributed by atoms with Crippen LogP contribution in [-0.4, -0.2) is 35.7 Å². The van der Waals surface area contributed by atoms with E-state index in [4.69, 9.17) is 23.2 Å². The smallest absolute Gasteiger partial charge is 0.272 e. The minimum atomic E-state index is -1.21. The van der Waals surface area contributed by atoms with Crippen LogP contribution in [0.25, 0.3) is 0 Å². The van der Waals surface area contributed by atoms with Gasteiger partial charge in [-0.2, -0.15) is 0 Å².